The molecule has 2 aromatic rings. The lowest BCUT2D eigenvalue weighted by molar-refractivity contribution is -0.921. The Hall–Kier alpha value is -1.94. The van der Waals surface area contributed by atoms with Gasteiger partial charge >= 0.3 is 0 Å². The first-order valence-corrected chi connectivity index (χ1v) is 17.8. The molecule has 0 spiro atoms. The number of hydrogen-bond donors (Lipinski definition) is 0. The summed E-state index contributed by atoms with van der Waals surface area (Å²) in [6.45, 7) is 18.8. The van der Waals surface area contributed by atoms with Crippen LogP contribution in [0.3, 0.4) is 0 Å². The Labute approximate surface area is 262 Å². The van der Waals surface area contributed by atoms with Gasteiger partial charge in [0.25, 0.3) is 0 Å². The molecule has 0 aliphatic rings. The van der Waals surface area contributed by atoms with E-state index in [0.29, 0.717) is 0 Å². The molecule has 240 valence electrons. The lowest BCUT2D eigenvalue weighted by atomic mass is 9.15. The Kier molecular flexibility index (Phi) is 20.5. The number of hydrogen-bond acceptors (Lipinski definition) is 2. The highest BCUT2D eigenvalue weighted by Crippen LogP contribution is 2.26. The minimum absolute atomic E-state index is 0.813. The van der Waals surface area contributed by atoms with Gasteiger partial charge in [-0.1, -0.05) is 115 Å². The molecule has 0 heterocycles. The Bertz CT molecular complexity index is 809. The van der Waals surface area contributed by atoms with Gasteiger partial charge in [-0.2, -0.15) is 12.6 Å². The van der Waals surface area contributed by atoms with Crippen LogP contribution in [0, 0.1) is 0 Å². The van der Waals surface area contributed by atoms with E-state index in [0.717, 1.165) is 11.5 Å². The van der Waals surface area contributed by atoms with Crippen LogP contribution < -0.4 is 20.4 Å². The molecule has 0 aliphatic heterocycles. The SMILES string of the molecule is CCCCCCCC[B-](CCCCCCCC)(c1ccc(OC)cc1)c1ccc(OC)cc1.CC[N+](CC)(CC)CC. The van der Waals surface area contributed by atoms with Crippen LogP contribution in [0.1, 0.15) is 119 Å². The summed E-state index contributed by atoms with van der Waals surface area (Å²) in [5, 5.41) is 0. The van der Waals surface area contributed by atoms with Gasteiger partial charge in [0.1, 0.15) is 11.5 Å². The van der Waals surface area contributed by atoms with Crippen molar-refractivity contribution in [3.8, 4) is 11.5 Å². The van der Waals surface area contributed by atoms with Gasteiger partial charge in [0.15, 0.2) is 0 Å². The summed E-state index contributed by atoms with van der Waals surface area (Å²) in [5.41, 5.74) is 2.98. The summed E-state index contributed by atoms with van der Waals surface area (Å²) in [6.07, 6.45) is 17.8. The topological polar surface area (TPSA) is 18.5 Å². The van der Waals surface area contributed by atoms with E-state index in [-0.39, 0.29) is 0 Å². The Balaban J connectivity index is 0.000000844. The van der Waals surface area contributed by atoms with Crippen LogP contribution in [-0.2, 0) is 0 Å². The Morgan fingerprint density at radius 3 is 1.02 bits per heavy atom. The number of quaternary nitrogens is 1. The second-order valence-corrected chi connectivity index (χ2v) is 12.5. The molecule has 0 amide bonds. The molecule has 0 radical (unpaired) electrons. The third kappa shape index (κ3) is 12.7. The minimum Gasteiger partial charge on any atom is -0.497 e. The van der Waals surface area contributed by atoms with Gasteiger partial charge in [0, 0.05) is 0 Å². The van der Waals surface area contributed by atoms with E-state index < -0.39 is 6.15 Å². The highest BCUT2D eigenvalue weighted by Gasteiger charge is 2.27. The van der Waals surface area contributed by atoms with Gasteiger partial charge in [-0.3, -0.25) is 0 Å². The second-order valence-electron chi connectivity index (χ2n) is 12.5. The average molecular weight is 582 g/mol. The molecule has 3 nitrogen and oxygen atoms in total. The van der Waals surface area contributed by atoms with Crippen LogP contribution in [0.15, 0.2) is 48.5 Å². The van der Waals surface area contributed by atoms with Gasteiger partial charge in [-0.15, -0.1) is 0 Å². The van der Waals surface area contributed by atoms with E-state index in [1.165, 1.54) is 131 Å². The van der Waals surface area contributed by atoms with E-state index in [2.05, 4.69) is 90.1 Å². The number of methoxy groups -OCH3 is 2. The first-order valence-electron chi connectivity index (χ1n) is 17.8. The molecule has 4 heteroatoms. The summed E-state index contributed by atoms with van der Waals surface area (Å²) in [5.74, 6) is 1.88. The predicted octanol–water partition coefficient (Wildman–Crippen LogP) is 9.87. The number of benzene rings is 2. The van der Waals surface area contributed by atoms with Gasteiger partial charge in [-0.05, 0) is 52.0 Å². The first kappa shape index (κ1) is 38.1. The minimum atomic E-state index is -0.813. The van der Waals surface area contributed by atoms with E-state index >= 15 is 0 Å². The standard InChI is InChI=1S/C30H48BO2.C8H20N/c1-5-7-9-11-13-15-25-31(26-16-14-12-10-8-6-2,27-17-21-29(32-3)22-18-27)28-19-23-30(33-4)24-20-28;1-5-9(6-2,7-3)8-4/h17-24H,5-16,25-26H2,1-4H3;5-8H2,1-4H3/q-1;+1. The maximum absolute atomic E-state index is 5.48. The van der Waals surface area contributed by atoms with Gasteiger partial charge in [0.2, 0.25) is 0 Å². The summed E-state index contributed by atoms with van der Waals surface area (Å²) < 4.78 is 12.2. The van der Waals surface area contributed by atoms with Crippen LogP contribution >= 0.6 is 0 Å². The number of unbranched alkanes of at least 4 members (excludes halogenated alkanes) is 10. The predicted molar refractivity (Wildman–Crippen MR) is 190 cm³/mol. The van der Waals surface area contributed by atoms with Crippen LogP contribution in [0.25, 0.3) is 0 Å². The van der Waals surface area contributed by atoms with Crippen molar-refractivity contribution in [2.75, 3.05) is 40.4 Å². The quantitative estimate of drug-likeness (QED) is 0.0783. The van der Waals surface area contributed by atoms with Gasteiger partial charge in [0.05, 0.1) is 46.5 Å². The lowest BCUT2D eigenvalue weighted by Crippen LogP contribution is -2.58. The molecule has 0 fully saturated rings. The first-order chi connectivity index (χ1) is 20.4. The fraction of sp³-hybridized carbons (Fsp3) is 0.684. The summed E-state index contributed by atoms with van der Waals surface area (Å²) in [6, 6.07) is 17.9. The summed E-state index contributed by atoms with van der Waals surface area (Å²) >= 11 is 0. The van der Waals surface area contributed by atoms with Crippen molar-refractivity contribution in [2.45, 2.75) is 131 Å². The highest BCUT2D eigenvalue weighted by atomic mass is 16.5. The zero-order valence-corrected chi connectivity index (χ0v) is 29.2. The molecule has 0 aliphatic carbocycles. The van der Waals surface area contributed by atoms with Crippen LogP contribution in [0.2, 0.25) is 12.6 Å². The molecule has 0 unspecified atom stereocenters. The molecule has 2 aromatic carbocycles. The van der Waals surface area contributed by atoms with Crippen molar-refractivity contribution >= 4 is 17.1 Å². The third-order valence-electron chi connectivity index (χ3n) is 10.3. The maximum atomic E-state index is 5.48. The van der Waals surface area contributed by atoms with Gasteiger partial charge in [-0.25, -0.2) is 10.9 Å². The van der Waals surface area contributed by atoms with Crippen molar-refractivity contribution in [2.24, 2.45) is 0 Å². The molecule has 0 aromatic heterocycles. The van der Waals surface area contributed by atoms with Crippen molar-refractivity contribution in [1.82, 2.24) is 0 Å². The molecule has 0 saturated heterocycles. The zero-order valence-electron chi connectivity index (χ0n) is 29.2. The molecule has 42 heavy (non-hydrogen) atoms. The van der Waals surface area contributed by atoms with E-state index in [9.17, 15) is 0 Å². The van der Waals surface area contributed by atoms with Crippen molar-refractivity contribution in [3.05, 3.63) is 48.5 Å². The molecule has 0 saturated carbocycles. The zero-order chi connectivity index (χ0) is 31.1. The molecule has 0 bridgehead atoms. The van der Waals surface area contributed by atoms with E-state index in [4.69, 9.17) is 9.47 Å². The summed E-state index contributed by atoms with van der Waals surface area (Å²) in [7, 11) is 3.51. The average Bonchev–Trinajstić information content (AvgIpc) is 3.05. The van der Waals surface area contributed by atoms with E-state index in [1.54, 1.807) is 14.2 Å². The van der Waals surface area contributed by atoms with Crippen LogP contribution in [0.4, 0.5) is 0 Å². The van der Waals surface area contributed by atoms with Crippen molar-refractivity contribution in [1.29, 1.82) is 0 Å². The molecular weight excluding hydrogens is 513 g/mol. The Morgan fingerprint density at radius 2 is 0.762 bits per heavy atom. The fourth-order valence-electron chi connectivity index (χ4n) is 6.84. The fourth-order valence-corrected chi connectivity index (χ4v) is 6.84. The van der Waals surface area contributed by atoms with Crippen molar-refractivity contribution in [3.63, 3.8) is 0 Å². The van der Waals surface area contributed by atoms with Gasteiger partial charge < -0.3 is 14.0 Å². The molecule has 0 atom stereocenters. The highest BCUT2D eigenvalue weighted by molar-refractivity contribution is 7.02. The van der Waals surface area contributed by atoms with Crippen LogP contribution in [-0.4, -0.2) is 51.0 Å². The summed E-state index contributed by atoms with van der Waals surface area (Å²) in [4.78, 5) is 0. The molecular formula is C38H68BNO2. The van der Waals surface area contributed by atoms with E-state index in [1.807, 2.05) is 0 Å². The Morgan fingerprint density at radius 1 is 0.452 bits per heavy atom. The maximum Gasteiger partial charge on any atom is 0.118 e. The lowest BCUT2D eigenvalue weighted by Gasteiger charge is -2.42. The molecule has 2 rings (SSSR count). The van der Waals surface area contributed by atoms with Crippen LogP contribution in [0.5, 0.6) is 11.5 Å². The smallest absolute Gasteiger partial charge is 0.118 e. The van der Waals surface area contributed by atoms with Crippen molar-refractivity contribution < 1.29 is 14.0 Å². The normalized spacial score (nSPS) is 11.6. The third-order valence-corrected chi connectivity index (χ3v) is 10.3. The molecule has 0 N–H and O–H groups in total. The number of nitrogens with zero attached hydrogens (tertiary/aromatic N) is 1. The number of ether oxygens (including phenoxy) is 2. The largest absolute Gasteiger partial charge is 0.497 e. The second kappa shape index (κ2) is 22.6. The monoisotopic (exact) mass is 582 g/mol. The number of rotatable bonds is 22.